The molecule has 0 saturated carbocycles. The molecule has 2 N–H and O–H groups in total. The Morgan fingerprint density at radius 3 is 2.48 bits per heavy atom. The number of benzene rings is 1. The lowest BCUT2D eigenvalue weighted by atomic mass is 10.1. The summed E-state index contributed by atoms with van der Waals surface area (Å²) in [6, 6.07) is 7.20. The largest absolute Gasteiger partial charge is 0.459 e. The van der Waals surface area contributed by atoms with E-state index in [-0.39, 0.29) is 12.0 Å². The molecule has 0 aliphatic heterocycles. The minimum atomic E-state index is -0.438. The highest BCUT2D eigenvalue weighted by molar-refractivity contribution is 6.06. The molecular formula is C20H21N3O4. The fourth-order valence-corrected chi connectivity index (χ4v) is 2.83. The Labute approximate surface area is 156 Å². The Bertz CT molecular complexity index is 954. The van der Waals surface area contributed by atoms with Gasteiger partial charge in [0, 0.05) is 16.9 Å². The van der Waals surface area contributed by atoms with E-state index in [1.54, 1.807) is 46.0 Å². The third-order valence-electron chi connectivity index (χ3n) is 4.07. The number of oxazole rings is 1. The van der Waals surface area contributed by atoms with Crippen LogP contribution in [0.5, 0.6) is 0 Å². The van der Waals surface area contributed by atoms with Crippen molar-refractivity contribution in [3.8, 4) is 11.3 Å². The van der Waals surface area contributed by atoms with E-state index in [4.69, 9.17) is 9.15 Å². The number of hydrogen-bond acceptors (Lipinski definition) is 5. The van der Waals surface area contributed by atoms with Gasteiger partial charge < -0.3 is 19.5 Å². The van der Waals surface area contributed by atoms with Crippen LogP contribution in [-0.4, -0.2) is 27.9 Å². The van der Waals surface area contributed by atoms with Crippen molar-refractivity contribution in [3.63, 3.8) is 0 Å². The van der Waals surface area contributed by atoms with Gasteiger partial charge in [-0.15, -0.1) is 0 Å². The van der Waals surface area contributed by atoms with Crippen LogP contribution in [0.4, 0.5) is 5.69 Å². The summed E-state index contributed by atoms with van der Waals surface area (Å²) in [4.78, 5) is 31.8. The number of nitrogens with zero attached hydrogens (tertiary/aromatic N) is 1. The quantitative estimate of drug-likeness (QED) is 0.662. The average Bonchev–Trinajstić information content (AvgIpc) is 3.23. The summed E-state index contributed by atoms with van der Waals surface area (Å²) in [7, 11) is 0. The summed E-state index contributed by atoms with van der Waals surface area (Å²) in [5.41, 5.74) is 3.38. The predicted molar refractivity (Wildman–Crippen MR) is 101 cm³/mol. The number of carbonyl (C=O) groups is 2. The van der Waals surface area contributed by atoms with Gasteiger partial charge in [0.2, 0.25) is 0 Å². The van der Waals surface area contributed by atoms with E-state index in [0.29, 0.717) is 34.0 Å². The summed E-state index contributed by atoms with van der Waals surface area (Å²) in [6.45, 7) is 7.03. The van der Waals surface area contributed by atoms with Crippen molar-refractivity contribution in [1.82, 2.24) is 9.97 Å². The molecule has 140 valence electrons. The first kappa shape index (κ1) is 18.4. The van der Waals surface area contributed by atoms with Gasteiger partial charge in [0.25, 0.3) is 5.91 Å². The second-order valence-electron chi connectivity index (χ2n) is 6.48. The van der Waals surface area contributed by atoms with Crippen LogP contribution >= 0.6 is 0 Å². The SMILES string of the molecule is Cc1[nH]c(C(=O)Nc2ccc(-c3cnco3)cc2)c(C)c1C(=O)OC(C)C. The molecule has 1 amide bonds. The first-order chi connectivity index (χ1) is 12.9. The van der Waals surface area contributed by atoms with E-state index in [1.165, 1.54) is 6.39 Å². The maximum absolute atomic E-state index is 12.6. The molecule has 0 unspecified atom stereocenters. The van der Waals surface area contributed by atoms with Gasteiger partial charge in [0.1, 0.15) is 5.69 Å². The van der Waals surface area contributed by atoms with E-state index < -0.39 is 5.97 Å². The van der Waals surface area contributed by atoms with E-state index in [1.807, 2.05) is 12.1 Å². The van der Waals surface area contributed by atoms with Crippen LogP contribution in [-0.2, 0) is 4.74 Å². The van der Waals surface area contributed by atoms with Gasteiger partial charge in [0.05, 0.1) is 17.9 Å². The van der Waals surface area contributed by atoms with E-state index in [9.17, 15) is 9.59 Å². The molecule has 0 aliphatic carbocycles. The number of rotatable bonds is 5. The number of amides is 1. The monoisotopic (exact) mass is 367 g/mol. The second kappa shape index (κ2) is 7.49. The standard InChI is InChI=1S/C20H21N3O4/c1-11(2)27-20(25)17-12(3)18(22-13(17)4)19(24)23-15-7-5-14(6-8-15)16-9-21-10-26-16/h5-11,22H,1-4H3,(H,23,24). The Morgan fingerprint density at radius 1 is 1.19 bits per heavy atom. The van der Waals surface area contributed by atoms with Crippen molar-refractivity contribution in [2.75, 3.05) is 5.32 Å². The van der Waals surface area contributed by atoms with Crippen molar-refractivity contribution < 1.29 is 18.7 Å². The molecule has 0 bridgehead atoms. The van der Waals surface area contributed by atoms with Crippen molar-refractivity contribution in [1.29, 1.82) is 0 Å². The van der Waals surface area contributed by atoms with Crippen LogP contribution in [0.15, 0.2) is 41.3 Å². The molecule has 7 nitrogen and oxygen atoms in total. The van der Waals surface area contributed by atoms with E-state index in [0.717, 1.165) is 5.56 Å². The number of ether oxygens (including phenoxy) is 1. The fourth-order valence-electron chi connectivity index (χ4n) is 2.83. The highest BCUT2D eigenvalue weighted by Gasteiger charge is 2.23. The number of H-pyrrole nitrogens is 1. The van der Waals surface area contributed by atoms with Crippen LogP contribution < -0.4 is 5.32 Å². The lowest BCUT2D eigenvalue weighted by Gasteiger charge is -2.08. The highest BCUT2D eigenvalue weighted by atomic mass is 16.5. The van der Waals surface area contributed by atoms with Gasteiger partial charge in [0.15, 0.2) is 12.2 Å². The van der Waals surface area contributed by atoms with Gasteiger partial charge in [-0.1, -0.05) is 0 Å². The lowest BCUT2D eigenvalue weighted by molar-refractivity contribution is 0.0376. The zero-order chi connectivity index (χ0) is 19.6. The Kier molecular flexibility index (Phi) is 5.12. The zero-order valence-electron chi connectivity index (χ0n) is 15.6. The summed E-state index contributed by atoms with van der Waals surface area (Å²) in [5, 5.41) is 2.82. The smallest absolute Gasteiger partial charge is 0.340 e. The number of nitrogens with one attached hydrogen (secondary N) is 2. The van der Waals surface area contributed by atoms with Crippen molar-refractivity contribution in [2.45, 2.75) is 33.8 Å². The third-order valence-corrected chi connectivity index (χ3v) is 4.07. The molecule has 3 rings (SSSR count). The molecule has 0 fully saturated rings. The number of aromatic amines is 1. The van der Waals surface area contributed by atoms with Gasteiger partial charge in [-0.2, -0.15) is 0 Å². The Balaban J connectivity index is 1.77. The molecule has 0 radical (unpaired) electrons. The summed E-state index contributed by atoms with van der Waals surface area (Å²) >= 11 is 0. The number of carbonyl (C=O) groups excluding carboxylic acids is 2. The molecule has 27 heavy (non-hydrogen) atoms. The lowest BCUT2D eigenvalue weighted by Crippen LogP contribution is -2.15. The van der Waals surface area contributed by atoms with Crippen LogP contribution in [0.1, 0.15) is 46.0 Å². The molecule has 0 atom stereocenters. The highest BCUT2D eigenvalue weighted by Crippen LogP contribution is 2.23. The molecule has 1 aromatic carbocycles. The Morgan fingerprint density at radius 2 is 1.89 bits per heavy atom. The molecule has 2 heterocycles. The van der Waals surface area contributed by atoms with Gasteiger partial charge >= 0.3 is 5.97 Å². The summed E-state index contributed by atoms with van der Waals surface area (Å²) in [6.07, 6.45) is 2.76. The zero-order valence-corrected chi connectivity index (χ0v) is 15.6. The van der Waals surface area contributed by atoms with Crippen LogP contribution in [0.2, 0.25) is 0 Å². The molecule has 0 aliphatic rings. The Hall–Kier alpha value is -3.35. The van der Waals surface area contributed by atoms with Gasteiger partial charge in [-0.05, 0) is 57.5 Å². The summed E-state index contributed by atoms with van der Waals surface area (Å²) < 4.78 is 10.5. The first-order valence-corrected chi connectivity index (χ1v) is 8.57. The minimum Gasteiger partial charge on any atom is -0.459 e. The van der Waals surface area contributed by atoms with E-state index >= 15 is 0 Å². The second-order valence-corrected chi connectivity index (χ2v) is 6.48. The predicted octanol–water partition coefficient (Wildman–Crippen LogP) is 4.10. The van der Waals surface area contributed by atoms with Crippen molar-refractivity contribution >= 4 is 17.6 Å². The number of anilines is 1. The maximum Gasteiger partial charge on any atom is 0.340 e. The summed E-state index contributed by atoms with van der Waals surface area (Å²) in [5.74, 6) is -0.115. The van der Waals surface area contributed by atoms with E-state index in [2.05, 4.69) is 15.3 Å². The van der Waals surface area contributed by atoms with Crippen LogP contribution in [0.25, 0.3) is 11.3 Å². The van der Waals surface area contributed by atoms with Crippen LogP contribution in [0, 0.1) is 13.8 Å². The van der Waals surface area contributed by atoms with Crippen LogP contribution in [0.3, 0.4) is 0 Å². The maximum atomic E-state index is 12.6. The van der Waals surface area contributed by atoms with Crippen molar-refractivity contribution in [2.24, 2.45) is 0 Å². The number of esters is 1. The topological polar surface area (TPSA) is 97.2 Å². The molecular weight excluding hydrogens is 346 g/mol. The van der Waals surface area contributed by atoms with Gasteiger partial charge in [-0.25, -0.2) is 9.78 Å². The number of aryl methyl sites for hydroxylation is 1. The third kappa shape index (κ3) is 3.92. The molecule has 3 aromatic rings. The first-order valence-electron chi connectivity index (χ1n) is 8.57. The minimum absolute atomic E-state index is 0.230. The molecule has 2 aromatic heterocycles. The number of hydrogen-bond donors (Lipinski definition) is 2. The van der Waals surface area contributed by atoms with Gasteiger partial charge in [-0.3, -0.25) is 4.79 Å². The molecule has 7 heteroatoms. The molecule has 0 saturated heterocycles. The average molecular weight is 367 g/mol. The fraction of sp³-hybridized carbons (Fsp3) is 0.250. The normalized spacial score (nSPS) is 10.9. The molecule has 0 spiro atoms. The van der Waals surface area contributed by atoms with Crippen molar-refractivity contribution in [3.05, 3.63) is 59.4 Å². The number of aromatic nitrogens is 2.